The van der Waals surface area contributed by atoms with E-state index < -0.39 is 17.6 Å². The van der Waals surface area contributed by atoms with E-state index in [-0.39, 0.29) is 22.9 Å². The van der Waals surface area contributed by atoms with Crippen LogP contribution >= 0.6 is 11.3 Å². The molecule has 1 aromatic carbocycles. The molecular formula is C18H15F3N4O2S. The smallest absolute Gasteiger partial charge is 0.321 e. The predicted octanol–water partition coefficient (Wildman–Crippen LogP) is 4.08. The maximum absolute atomic E-state index is 12.8. The van der Waals surface area contributed by atoms with Crippen LogP contribution in [0.15, 0.2) is 35.2 Å². The number of nitrogens with one attached hydrogen (secondary N) is 1. The Bertz CT molecular complexity index is 960. The Morgan fingerprint density at radius 2 is 2.11 bits per heavy atom. The summed E-state index contributed by atoms with van der Waals surface area (Å²) in [6.07, 6.45) is -3.34. The van der Waals surface area contributed by atoms with Gasteiger partial charge in [-0.2, -0.15) is 18.4 Å². The third-order valence-electron chi connectivity index (χ3n) is 3.54. The van der Waals surface area contributed by atoms with E-state index in [1.54, 1.807) is 18.4 Å². The highest BCUT2D eigenvalue weighted by molar-refractivity contribution is 7.14. The fourth-order valence-corrected chi connectivity index (χ4v) is 3.12. The molecule has 0 saturated heterocycles. The van der Waals surface area contributed by atoms with Crippen LogP contribution in [-0.4, -0.2) is 23.3 Å². The number of rotatable bonds is 5. The van der Waals surface area contributed by atoms with Gasteiger partial charge in [0, 0.05) is 24.5 Å². The fourth-order valence-electron chi connectivity index (χ4n) is 2.23. The van der Waals surface area contributed by atoms with Crippen molar-refractivity contribution in [3.8, 4) is 6.07 Å². The summed E-state index contributed by atoms with van der Waals surface area (Å²) in [6.45, 7) is 3.58. The van der Waals surface area contributed by atoms with Crippen molar-refractivity contribution in [2.24, 2.45) is 0 Å². The van der Waals surface area contributed by atoms with Crippen LogP contribution < -0.4 is 10.2 Å². The highest BCUT2D eigenvalue weighted by atomic mass is 32.1. The maximum Gasteiger partial charge on any atom is 0.416 e. The molecule has 2 rings (SSSR count). The van der Waals surface area contributed by atoms with Crippen molar-refractivity contribution in [1.29, 1.82) is 5.26 Å². The molecule has 0 radical (unpaired) electrons. The average molecular weight is 408 g/mol. The first-order valence-electron chi connectivity index (χ1n) is 7.99. The van der Waals surface area contributed by atoms with Crippen molar-refractivity contribution >= 4 is 40.0 Å². The molecule has 1 aromatic heterocycles. The highest BCUT2D eigenvalue weighted by Gasteiger charge is 2.30. The number of benzene rings is 1. The van der Waals surface area contributed by atoms with Gasteiger partial charge in [-0.15, -0.1) is 11.3 Å². The zero-order chi connectivity index (χ0) is 20.9. The summed E-state index contributed by atoms with van der Waals surface area (Å²) in [5.74, 6) is -1.06. The lowest BCUT2D eigenvalue weighted by atomic mass is 10.1. The molecule has 1 heterocycles. The molecule has 28 heavy (non-hydrogen) atoms. The van der Waals surface area contributed by atoms with Crippen LogP contribution in [0.3, 0.4) is 0 Å². The first kappa shape index (κ1) is 21.1. The summed E-state index contributed by atoms with van der Waals surface area (Å²) in [5.41, 5.74) is -1.05. The lowest BCUT2D eigenvalue weighted by Gasteiger charge is -2.14. The topological polar surface area (TPSA) is 86.1 Å². The Kier molecular flexibility index (Phi) is 6.53. The van der Waals surface area contributed by atoms with Crippen molar-refractivity contribution in [2.75, 3.05) is 16.8 Å². The normalized spacial score (nSPS) is 11.6. The second-order valence-corrected chi connectivity index (χ2v) is 6.36. The van der Waals surface area contributed by atoms with E-state index in [2.05, 4.69) is 10.3 Å². The second kappa shape index (κ2) is 8.67. The highest BCUT2D eigenvalue weighted by Crippen LogP contribution is 2.30. The Balaban J connectivity index is 2.22. The van der Waals surface area contributed by atoms with Crippen LogP contribution in [0.1, 0.15) is 25.1 Å². The maximum atomic E-state index is 12.8. The Morgan fingerprint density at radius 1 is 1.39 bits per heavy atom. The van der Waals surface area contributed by atoms with E-state index in [0.29, 0.717) is 11.7 Å². The SMILES string of the molecule is CCN(C(C)=O)c1nc(/C=C(/C#N)C(=O)Nc2cccc(C(F)(F)F)c2)cs1. The first-order valence-corrected chi connectivity index (χ1v) is 8.87. The molecule has 0 aliphatic carbocycles. The molecule has 6 nitrogen and oxygen atoms in total. The number of halogens is 3. The molecule has 0 aliphatic rings. The third kappa shape index (κ3) is 5.17. The van der Waals surface area contributed by atoms with Gasteiger partial charge in [-0.1, -0.05) is 6.07 Å². The minimum Gasteiger partial charge on any atom is -0.321 e. The number of thiazole rings is 1. The van der Waals surface area contributed by atoms with E-state index in [1.807, 2.05) is 0 Å². The molecule has 10 heteroatoms. The summed E-state index contributed by atoms with van der Waals surface area (Å²) in [4.78, 5) is 29.4. The number of nitrogens with zero attached hydrogens (tertiary/aromatic N) is 3. The number of nitriles is 1. The average Bonchev–Trinajstić information content (AvgIpc) is 3.07. The second-order valence-electron chi connectivity index (χ2n) is 5.52. The largest absolute Gasteiger partial charge is 0.416 e. The molecule has 2 amide bonds. The minimum absolute atomic E-state index is 0.0892. The number of hydrogen-bond donors (Lipinski definition) is 1. The predicted molar refractivity (Wildman–Crippen MR) is 99.5 cm³/mol. The van der Waals surface area contributed by atoms with Gasteiger partial charge in [0.1, 0.15) is 11.6 Å². The minimum atomic E-state index is -4.55. The van der Waals surface area contributed by atoms with Gasteiger partial charge in [-0.25, -0.2) is 4.98 Å². The monoisotopic (exact) mass is 408 g/mol. The van der Waals surface area contributed by atoms with Gasteiger partial charge in [0.2, 0.25) is 5.91 Å². The summed E-state index contributed by atoms with van der Waals surface area (Å²) in [5, 5.41) is 13.5. The van der Waals surface area contributed by atoms with Crippen molar-refractivity contribution in [3.63, 3.8) is 0 Å². The molecule has 0 spiro atoms. The number of aromatic nitrogens is 1. The molecular weight excluding hydrogens is 393 g/mol. The van der Waals surface area contributed by atoms with Crippen LogP contribution in [-0.2, 0) is 15.8 Å². The summed E-state index contributed by atoms with van der Waals surface area (Å²) in [6, 6.07) is 5.80. The van der Waals surface area contributed by atoms with Crippen LogP contribution in [0.4, 0.5) is 24.0 Å². The molecule has 0 aliphatic heterocycles. The summed E-state index contributed by atoms with van der Waals surface area (Å²) in [7, 11) is 0. The number of alkyl halides is 3. The van der Waals surface area contributed by atoms with Crippen LogP contribution in [0.25, 0.3) is 6.08 Å². The van der Waals surface area contributed by atoms with Gasteiger partial charge in [-0.3, -0.25) is 14.5 Å². The number of anilines is 2. The van der Waals surface area contributed by atoms with Crippen molar-refractivity contribution in [2.45, 2.75) is 20.0 Å². The van der Waals surface area contributed by atoms with E-state index in [1.165, 1.54) is 35.3 Å². The summed E-state index contributed by atoms with van der Waals surface area (Å²) >= 11 is 1.17. The van der Waals surface area contributed by atoms with Crippen molar-refractivity contribution < 1.29 is 22.8 Å². The quantitative estimate of drug-likeness (QED) is 0.597. The lowest BCUT2D eigenvalue weighted by Crippen LogP contribution is -2.27. The standard InChI is InChI=1S/C18H15F3N4O2S/c1-3-25(11(2)26)17-24-15(10-28-17)7-12(9-22)16(27)23-14-6-4-5-13(8-14)18(19,20)21/h4-8,10H,3H2,1-2H3,(H,23,27)/b12-7-. The Morgan fingerprint density at radius 3 is 2.68 bits per heavy atom. The molecule has 146 valence electrons. The van der Waals surface area contributed by atoms with Crippen LogP contribution in [0.2, 0.25) is 0 Å². The molecule has 0 atom stereocenters. The summed E-state index contributed by atoms with van der Waals surface area (Å²) < 4.78 is 38.3. The van der Waals surface area contributed by atoms with Gasteiger partial charge in [-0.05, 0) is 31.2 Å². The molecule has 0 bridgehead atoms. The van der Waals surface area contributed by atoms with Crippen LogP contribution in [0, 0.1) is 11.3 Å². The Labute approximate surface area is 162 Å². The zero-order valence-electron chi connectivity index (χ0n) is 14.9. The van der Waals surface area contributed by atoms with E-state index in [9.17, 15) is 28.0 Å². The van der Waals surface area contributed by atoms with E-state index >= 15 is 0 Å². The molecule has 0 unspecified atom stereocenters. The third-order valence-corrected chi connectivity index (χ3v) is 4.42. The fraction of sp³-hybridized carbons (Fsp3) is 0.222. The van der Waals surface area contributed by atoms with Gasteiger partial charge in [0.15, 0.2) is 5.13 Å². The molecule has 0 saturated carbocycles. The van der Waals surface area contributed by atoms with Crippen molar-refractivity contribution in [1.82, 2.24) is 4.98 Å². The number of carbonyl (C=O) groups excluding carboxylic acids is 2. The lowest BCUT2D eigenvalue weighted by molar-refractivity contribution is -0.137. The molecule has 1 N–H and O–H groups in total. The number of hydrogen-bond acceptors (Lipinski definition) is 5. The van der Waals surface area contributed by atoms with E-state index in [0.717, 1.165) is 18.2 Å². The number of carbonyl (C=O) groups is 2. The van der Waals surface area contributed by atoms with Gasteiger partial charge in [0.25, 0.3) is 5.91 Å². The molecule has 2 aromatic rings. The number of amides is 2. The first-order chi connectivity index (χ1) is 13.2. The van der Waals surface area contributed by atoms with Crippen LogP contribution in [0.5, 0.6) is 0 Å². The van der Waals surface area contributed by atoms with Gasteiger partial charge < -0.3 is 5.32 Å². The van der Waals surface area contributed by atoms with Crippen molar-refractivity contribution in [3.05, 3.63) is 46.5 Å². The zero-order valence-corrected chi connectivity index (χ0v) is 15.7. The molecule has 0 fully saturated rings. The van der Waals surface area contributed by atoms with E-state index in [4.69, 9.17) is 0 Å². The van der Waals surface area contributed by atoms with Gasteiger partial charge >= 0.3 is 6.18 Å². The van der Waals surface area contributed by atoms with Gasteiger partial charge in [0.05, 0.1) is 11.3 Å². The Hall–Kier alpha value is -3.19.